The number of aliphatic hydroxyl groups is 2. The third kappa shape index (κ3) is 6.50. The van der Waals surface area contributed by atoms with E-state index in [0.717, 1.165) is 19.3 Å². The quantitative estimate of drug-likeness (QED) is 0.515. The van der Waals surface area contributed by atoms with Crippen LogP contribution in [-0.4, -0.2) is 35.5 Å². The van der Waals surface area contributed by atoms with E-state index in [9.17, 15) is 9.90 Å². The molecule has 1 atom stereocenters. The number of hydrogen-bond acceptors (Lipinski definition) is 5. The fourth-order valence-corrected chi connectivity index (χ4v) is 2.76. The van der Waals surface area contributed by atoms with E-state index in [-0.39, 0.29) is 12.6 Å². The number of aryl methyl sites for hydroxylation is 1. The summed E-state index contributed by atoms with van der Waals surface area (Å²) in [6.07, 6.45) is 4.31. The number of esters is 1. The van der Waals surface area contributed by atoms with Gasteiger partial charge < -0.3 is 14.9 Å². The summed E-state index contributed by atoms with van der Waals surface area (Å²) < 4.78 is 5.17. The molecule has 1 rings (SSSR count). The van der Waals surface area contributed by atoms with Gasteiger partial charge in [0.15, 0.2) is 0 Å². The van der Waals surface area contributed by atoms with Gasteiger partial charge in [-0.1, -0.05) is 13.3 Å². The fraction of sp³-hybridized carbons (Fsp3) is 0.667. The smallest absolute Gasteiger partial charge is 0.348 e. The number of thiophene rings is 1. The highest BCUT2D eigenvalue weighted by Gasteiger charge is 2.11. The van der Waals surface area contributed by atoms with Gasteiger partial charge in [0.2, 0.25) is 0 Å². The predicted octanol–water partition coefficient (Wildman–Crippen LogP) is 2.77. The summed E-state index contributed by atoms with van der Waals surface area (Å²) in [5.74, 6) is -0.283. The van der Waals surface area contributed by atoms with E-state index in [0.29, 0.717) is 30.7 Å². The number of carbonyl (C=O) groups is 1. The lowest BCUT2D eigenvalue weighted by atomic mass is 10.1. The van der Waals surface area contributed by atoms with Crippen LogP contribution in [0.3, 0.4) is 0 Å². The molecule has 0 bridgehead atoms. The predicted molar refractivity (Wildman–Crippen MR) is 80.2 cm³/mol. The van der Waals surface area contributed by atoms with Gasteiger partial charge in [-0.2, -0.15) is 0 Å². The molecule has 1 aromatic heterocycles. The zero-order valence-electron chi connectivity index (χ0n) is 12.0. The number of ether oxygens (including phenoxy) is 1. The van der Waals surface area contributed by atoms with E-state index >= 15 is 0 Å². The van der Waals surface area contributed by atoms with E-state index in [4.69, 9.17) is 9.84 Å². The summed E-state index contributed by atoms with van der Waals surface area (Å²) in [7, 11) is 0. The van der Waals surface area contributed by atoms with E-state index in [1.165, 1.54) is 16.2 Å². The molecule has 0 aliphatic heterocycles. The highest BCUT2D eigenvalue weighted by atomic mass is 32.1. The van der Waals surface area contributed by atoms with Gasteiger partial charge in [0, 0.05) is 11.5 Å². The summed E-state index contributed by atoms with van der Waals surface area (Å²) in [5.41, 5.74) is 0. The van der Waals surface area contributed by atoms with Gasteiger partial charge in [-0.15, -0.1) is 11.3 Å². The number of unbranched alkanes of at least 4 members (excludes halogenated alkanes) is 1. The van der Waals surface area contributed by atoms with Crippen molar-refractivity contribution in [2.75, 3.05) is 13.2 Å². The van der Waals surface area contributed by atoms with Gasteiger partial charge in [-0.3, -0.25) is 0 Å². The summed E-state index contributed by atoms with van der Waals surface area (Å²) in [6.45, 7) is 2.44. The van der Waals surface area contributed by atoms with Crippen LogP contribution in [0.1, 0.15) is 53.6 Å². The Morgan fingerprint density at radius 3 is 2.85 bits per heavy atom. The maximum absolute atomic E-state index is 11.8. The van der Waals surface area contributed by atoms with Crippen molar-refractivity contribution in [1.29, 1.82) is 0 Å². The normalized spacial score (nSPS) is 12.3. The molecule has 4 nitrogen and oxygen atoms in total. The Balaban J connectivity index is 2.23. The second kappa shape index (κ2) is 9.91. The Kier molecular flexibility index (Phi) is 8.49. The molecule has 2 N–H and O–H groups in total. The largest absolute Gasteiger partial charge is 0.462 e. The second-order valence-corrected chi connectivity index (χ2v) is 5.98. The van der Waals surface area contributed by atoms with Gasteiger partial charge in [0.05, 0.1) is 12.7 Å². The van der Waals surface area contributed by atoms with E-state index < -0.39 is 6.10 Å². The topological polar surface area (TPSA) is 66.8 Å². The first-order chi connectivity index (χ1) is 9.67. The molecule has 5 heteroatoms. The third-order valence-corrected chi connectivity index (χ3v) is 4.14. The lowest BCUT2D eigenvalue weighted by Gasteiger charge is -2.08. The first-order valence-corrected chi connectivity index (χ1v) is 8.03. The summed E-state index contributed by atoms with van der Waals surface area (Å²) >= 11 is 1.50. The summed E-state index contributed by atoms with van der Waals surface area (Å²) in [4.78, 5) is 13.7. The van der Waals surface area contributed by atoms with Gasteiger partial charge in [0.25, 0.3) is 0 Å². The van der Waals surface area contributed by atoms with Crippen LogP contribution < -0.4 is 0 Å². The Morgan fingerprint density at radius 1 is 1.35 bits per heavy atom. The van der Waals surface area contributed by atoms with Gasteiger partial charge in [-0.25, -0.2) is 4.79 Å². The lowest BCUT2D eigenvalue weighted by molar-refractivity contribution is 0.0473. The molecule has 114 valence electrons. The van der Waals surface area contributed by atoms with Crippen molar-refractivity contribution in [3.8, 4) is 0 Å². The standard InChI is InChI=1S/C15H24O4S/c1-2-3-6-13-7-8-14(20-13)15(18)19-11-4-5-12(17)9-10-16/h7-8,12,16-17H,2-6,9-11H2,1H3. The number of hydrogen-bond donors (Lipinski definition) is 2. The Hall–Kier alpha value is -0.910. The van der Waals surface area contributed by atoms with Crippen LogP contribution >= 0.6 is 11.3 Å². The molecule has 1 aromatic rings. The van der Waals surface area contributed by atoms with E-state index in [1.807, 2.05) is 12.1 Å². The van der Waals surface area contributed by atoms with Crippen LogP contribution in [0.4, 0.5) is 0 Å². The van der Waals surface area contributed by atoms with Crippen LogP contribution in [0, 0.1) is 0 Å². The zero-order chi connectivity index (χ0) is 14.8. The molecule has 0 aromatic carbocycles. The molecule has 20 heavy (non-hydrogen) atoms. The average Bonchev–Trinajstić information content (AvgIpc) is 2.90. The Morgan fingerprint density at radius 2 is 2.15 bits per heavy atom. The average molecular weight is 300 g/mol. The molecule has 0 saturated carbocycles. The maximum atomic E-state index is 11.8. The number of aliphatic hydroxyl groups excluding tert-OH is 2. The highest BCUT2D eigenvalue weighted by molar-refractivity contribution is 7.13. The van der Waals surface area contributed by atoms with Crippen LogP contribution in [0.2, 0.25) is 0 Å². The van der Waals surface area contributed by atoms with Crippen molar-refractivity contribution < 1.29 is 19.7 Å². The van der Waals surface area contributed by atoms with Crippen LogP contribution in [0.15, 0.2) is 12.1 Å². The highest BCUT2D eigenvalue weighted by Crippen LogP contribution is 2.19. The molecule has 0 spiro atoms. The molecule has 0 saturated heterocycles. The first-order valence-electron chi connectivity index (χ1n) is 7.22. The van der Waals surface area contributed by atoms with Crippen molar-refractivity contribution in [2.24, 2.45) is 0 Å². The molecular formula is C15H24O4S. The van der Waals surface area contributed by atoms with Crippen LogP contribution in [0.25, 0.3) is 0 Å². The maximum Gasteiger partial charge on any atom is 0.348 e. The number of rotatable bonds is 10. The molecule has 0 radical (unpaired) electrons. The lowest BCUT2D eigenvalue weighted by Crippen LogP contribution is -2.11. The summed E-state index contributed by atoms with van der Waals surface area (Å²) in [5, 5.41) is 18.1. The number of carbonyl (C=O) groups excluding carboxylic acids is 1. The summed E-state index contributed by atoms with van der Waals surface area (Å²) in [6, 6.07) is 3.81. The van der Waals surface area contributed by atoms with Gasteiger partial charge in [0.1, 0.15) is 4.88 Å². The van der Waals surface area contributed by atoms with Crippen LogP contribution in [-0.2, 0) is 11.2 Å². The van der Waals surface area contributed by atoms with Gasteiger partial charge >= 0.3 is 5.97 Å². The minimum atomic E-state index is -0.513. The Labute approximate surface area is 124 Å². The minimum Gasteiger partial charge on any atom is -0.462 e. The van der Waals surface area contributed by atoms with E-state index in [1.54, 1.807) is 0 Å². The van der Waals surface area contributed by atoms with Crippen molar-refractivity contribution >= 4 is 17.3 Å². The van der Waals surface area contributed by atoms with Gasteiger partial charge in [-0.05, 0) is 44.2 Å². The van der Waals surface area contributed by atoms with Crippen molar-refractivity contribution in [2.45, 2.75) is 51.6 Å². The van der Waals surface area contributed by atoms with Crippen molar-refractivity contribution in [3.05, 3.63) is 21.9 Å². The monoisotopic (exact) mass is 300 g/mol. The van der Waals surface area contributed by atoms with Crippen molar-refractivity contribution in [3.63, 3.8) is 0 Å². The minimum absolute atomic E-state index is 0.0172. The van der Waals surface area contributed by atoms with Crippen molar-refractivity contribution in [1.82, 2.24) is 0 Å². The molecule has 0 amide bonds. The third-order valence-electron chi connectivity index (χ3n) is 3.02. The molecule has 1 heterocycles. The molecule has 0 aliphatic carbocycles. The first kappa shape index (κ1) is 17.1. The molecule has 0 fully saturated rings. The molecule has 0 aliphatic rings. The Bertz CT molecular complexity index is 389. The van der Waals surface area contributed by atoms with E-state index in [2.05, 4.69) is 6.92 Å². The molecular weight excluding hydrogens is 276 g/mol. The molecule has 1 unspecified atom stereocenters. The fourth-order valence-electron chi connectivity index (χ4n) is 1.82. The second-order valence-electron chi connectivity index (χ2n) is 4.81. The SMILES string of the molecule is CCCCc1ccc(C(=O)OCCCC(O)CCO)s1. The zero-order valence-corrected chi connectivity index (χ0v) is 12.8. The van der Waals surface area contributed by atoms with Crippen LogP contribution in [0.5, 0.6) is 0 Å².